The fourth-order valence-electron chi connectivity index (χ4n) is 5.40. The molecule has 0 bridgehead atoms. The average Bonchev–Trinajstić information content (AvgIpc) is 3.32. The molecule has 224 valence electrons. The Morgan fingerprint density at radius 3 is 2.14 bits per heavy atom. The van der Waals surface area contributed by atoms with Crippen LogP contribution in [0.2, 0.25) is 0 Å². The van der Waals surface area contributed by atoms with E-state index in [9.17, 15) is 19.5 Å². The Morgan fingerprint density at radius 2 is 1.64 bits per heavy atom. The van der Waals surface area contributed by atoms with Gasteiger partial charge in [-0.25, -0.2) is 15.0 Å². The molecule has 2 heterocycles. The van der Waals surface area contributed by atoms with E-state index >= 15 is 0 Å². The topological polar surface area (TPSA) is 103 Å². The fraction of sp³-hybridized carbons (Fsp3) is 0.455. The average molecular weight is 575 g/mol. The number of hydrazine groups is 1. The standard InChI is InChI=1S/C33H42N4O5/c1-21(2)28-32(41)37(27(25-16-12-9-13-17-25)19-35(28)31(40)22(3)4)36(23(5)38)26(18-24-14-10-8-11-15-24)29(39)30-34-33(6,7)20-42-30/h8-17,19,21-22,26,28-29,39H,18,20H2,1-7H3/t26-,28?,29?/m0/s1. The Hall–Kier alpha value is -3.98. The number of aliphatic imine (C=N–C) groups is 1. The number of benzene rings is 2. The van der Waals surface area contributed by atoms with Crippen LogP contribution in [-0.4, -0.2) is 74.0 Å². The SMILES string of the molecule is CC(=O)N([C@@H](Cc1ccccc1)C(O)C1=NC(C)(C)CO1)N1C(=O)C(C(C)C)N(C(=O)C(C)C)C=C1c1ccccc1. The van der Waals surface area contributed by atoms with E-state index in [0.717, 1.165) is 5.56 Å². The van der Waals surface area contributed by atoms with E-state index in [-0.39, 0.29) is 36.7 Å². The molecule has 1 N–H and O–H groups in total. The first-order chi connectivity index (χ1) is 19.8. The van der Waals surface area contributed by atoms with E-state index in [1.807, 2.05) is 88.4 Å². The molecule has 0 saturated carbocycles. The second-order valence-electron chi connectivity index (χ2n) is 12.2. The highest BCUT2D eigenvalue weighted by Gasteiger charge is 2.48. The number of aliphatic hydroxyl groups is 1. The minimum absolute atomic E-state index is 0.124. The zero-order chi connectivity index (χ0) is 30.8. The second kappa shape index (κ2) is 12.5. The van der Waals surface area contributed by atoms with Crippen LogP contribution in [0.1, 0.15) is 59.6 Å². The Bertz CT molecular complexity index is 1350. The minimum atomic E-state index is -1.33. The lowest BCUT2D eigenvalue weighted by atomic mass is 9.95. The molecule has 0 saturated heterocycles. The third-order valence-corrected chi connectivity index (χ3v) is 7.44. The highest BCUT2D eigenvalue weighted by Crippen LogP contribution is 2.35. The Balaban J connectivity index is 1.93. The Labute approximate surface area is 248 Å². The molecule has 0 radical (unpaired) electrons. The molecule has 42 heavy (non-hydrogen) atoms. The number of aliphatic hydroxyl groups excluding tert-OH is 1. The maximum Gasteiger partial charge on any atom is 0.269 e. The van der Waals surface area contributed by atoms with E-state index in [1.165, 1.54) is 21.8 Å². The van der Waals surface area contributed by atoms with Gasteiger partial charge >= 0.3 is 0 Å². The van der Waals surface area contributed by atoms with Gasteiger partial charge in [0.1, 0.15) is 12.6 Å². The lowest BCUT2D eigenvalue weighted by Crippen LogP contribution is -2.64. The van der Waals surface area contributed by atoms with Crippen molar-refractivity contribution in [1.82, 2.24) is 14.9 Å². The molecule has 3 amide bonds. The van der Waals surface area contributed by atoms with Crippen LogP contribution >= 0.6 is 0 Å². The maximum absolute atomic E-state index is 14.6. The highest BCUT2D eigenvalue weighted by atomic mass is 16.5. The van der Waals surface area contributed by atoms with Crippen molar-refractivity contribution in [3.63, 3.8) is 0 Å². The molecule has 3 atom stereocenters. The summed E-state index contributed by atoms with van der Waals surface area (Å²) in [6, 6.07) is 16.8. The van der Waals surface area contributed by atoms with Gasteiger partial charge < -0.3 is 14.7 Å². The molecule has 2 aliphatic heterocycles. The van der Waals surface area contributed by atoms with Gasteiger partial charge in [0, 0.05) is 24.6 Å². The van der Waals surface area contributed by atoms with Gasteiger partial charge in [-0.15, -0.1) is 0 Å². The number of nitrogens with zero attached hydrogens (tertiary/aromatic N) is 4. The van der Waals surface area contributed by atoms with Crippen LogP contribution < -0.4 is 0 Å². The summed E-state index contributed by atoms with van der Waals surface area (Å²) in [5, 5.41) is 14.5. The summed E-state index contributed by atoms with van der Waals surface area (Å²) in [5.41, 5.74) is 1.33. The predicted molar refractivity (Wildman–Crippen MR) is 162 cm³/mol. The van der Waals surface area contributed by atoms with Gasteiger partial charge in [0.15, 0.2) is 6.10 Å². The first kappa shape index (κ1) is 31.0. The van der Waals surface area contributed by atoms with Crippen LogP contribution in [0.25, 0.3) is 5.70 Å². The van der Waals surface area contributed by atoms with Gasteiger partial charge in [0.2, 0.25) is 17.7 Å². The van der Waals surface area contributed by atoms with Crippen molar-refractivity contribution in [2.45, 2.75) is 78.6 Å². The quantitative estimate of drug-likeness (QED) is 0.482. The van der Waals surface area contributed by atoms with Gasteiger partial charge in [-0.3, -0.25) is 14.4 Å². The predicted octanol–water partition coefficient (Wildman–Crippen LogP) is 4.28. The molecule has 2 aliphatic rings. The van der Waals surface area contributed by atoms with Crippen LogP contribution in [0.4, 0.5) is 0 Å². The molecule has 2 aromatic carbocycles. The van der Waals surface area contributed by atoms with E-state index in [1.54, 1.807) is 20.0 Å². The van der Waals surface area contributed by atoms with Crippen LogP contribution in [0.3, 0.4) is 0 Å². The van der Waals surface area contributed by atoms with Crippen LogP contribution in [0.5, 0.6) is 0 Å². The van der Waals surface area contributed by atoms with Crippen LogP contribution in [-0.2, 0) is 25.5 Å². The molecule has 2 aromatic rings. The van der Waals surface area contributed by atoms with Gasteiger partial charge in [-0.2, -0.15) is 0 Å². The Kier molecular flexibility index (Phi) is 9.21. The van der Waals surface area contributed by atoms with Crippen molar-refractivity contribution in [2.24, 2.45) is 16.8 Å². The smallest absolute Gasteiger partial charge is 0.269 e. The summed E-state index contributed by atoms with van der Waals surface area (Å²) in [6.07, 6.45) is 0.559. The van der Waals surface area contributed by atoms with E-state index in [4.69, 9.17) is 4.74 Å². The van der Waals surface area contributed by atoms with Crippen molar-refractivity contribution in [1.29, 1.82) is 0 Å². The first-order valence-electron chi connectivity index (χ1n) is 14.5. The summed E-state index contributed by atoms with van der Waals surface area (Å²) >= 11 is 0. The molecule has 2 unspecified atom stereocenters. The summed E-state index contributed by atoms with van der Waals surface area (Å²) in [4.78, 5) is 47.8. The largest absolute Gasteiger partial charge is 0.476 e. The molecule has 0 aliphatic carbocycles. The third kappa shape index (κ3) is 6.41. The molecule has 4 rings (SSSR count). The van der Waals surface area contributed by atoms with Crippen molar-refractivity contribution in [3.8, 4) is 0 Å². The number of amides is 3. The number of ether oxygens (including phenoxy) is 1. The van der Waals surface area contributed by atoms with Crippen molar-refractivity contribution < 1.29 is 24.2 Å². The number of hydrogen-bond donors (Lipinski definition) is 1. The number of carbonyl (C=O) groups excluding carboxylic acids is 3. The van der Waals surface area contributed by atoms with Gasteiger partial charge in [-0.05, 0) is 31.7 Å². The summed E-state index contributed by atoms with van der Waals surface area (Å²) in [5.74, 6) is -1.56. The summed E-state index contributed by atoms with van der Waals surface area (Å²) in [6.45, 7) is 12.8. The van der Waals surface area contributed by atoms with E-state index in [0.29, 0.717) is 11.3 Å². The molecular weight excluding hydrogens is 532 g/mol. The Morgan fingerprint density at radius 1 is 1.05 bits per heavy atom. The van der Waals surface area contributed by atoms with E-state index < -0.39 is 35.5 Å². The number of rotatable bonds is 9. The first-order valence-corrected chi connectivity index (χ1v) is 14.5. The zero-order valence-electron chi connectivity index (χ0n) is 25.5. The van der Waals surface area contributed by atoms with Crippen LogP contribution in [0, 0.1) is 11.8 Å². The molecule has 0 spiro atoms. The number of carbonyl (C=O) groups is 3. The lowest BCUT2D eigenvalue weighted by molar-refractivity contribution is -0.169. The molecular formula is C33H42N4O5. The third-order valence-electron chi connectivity index (χ3n) is 7.44. The lowest BCUT2D eigenvalue weighted by Gasteiger charge is -2.48. The molecule has 0 fully saturated rings. The highest BCUT2D eigenvalue weighted by molar-refractivity contribution is 5.99. The van der Waals surface area contributed by atoms with Crippen molar-refractivity contribution >= 4 is 29.3 Å². The fourth-order valence-corrected chi connectivity index (χ4v) is 5.40. The number of hydrogen-bond acceptors (Lipinski definition) is 6. The van der Waals surface area contributed by atoms with E-state index in [2.05, 4.69) is 4.99 Å². The maximum atomic E-state index is 14.6. The molecule has 9 heteroatoms. The van der Waals surface area contributed by atoms with Crippen molar-refractivity contribution in [3.05, 3.63) is 78.0 Å². The van der Waals surface area contributed by atoms with Gasteiger partial charge in [0.05, 0.1) is 17.3 Å². The normalized spacial score (nSPS) is 19.8. The minimum Gasteiger partial charge on any atom is -0.476 e. The summed E-state index contributed by atoms with van der Waals surface area (Å²) < 4.78 is 5.83. The van der Waals surface area contributed by atoms with Gasteiger partial charge in [-0.1, -0.05) is 88.4 Å². The van der Waals surface area contributed by atoms with Crippen molar-refractivity contribution in [2.75, 3.05) is 6.61 Å². The molecule has 9 nitrogen and oxygen atoms in total. The summed E-state index contributed by atoms with van der Waals surface area (Å²) in [7, 11) is 0. The monoisotopic (exact) mass is 574 g/mol. The van der Waals surface area contributed by atoms with Crippen LogP contribution in [0.15, 0.2) is 71.9 Å². The molecule has 0 aromatic heterocycles. The van der Waals surface area contributed by atoms with Gasteiger partial charge in [0.25, 0.3) is 5.91 Å². The zero-order valence-corrected chi connectivity index (χ0v) is 25.5. The second-order valence-corrected chi connectivity index (χ2v) is 12.2.